The third kappa shape index (κ3) is 4.43. The van der Waals surface area contributed by atoms with E-state index in [1.165, 1.54) is 17.0 Å². The fourth-order valence-electron chi connectivity index (χ4n) is 3.67. The molecular weight excluding hydrogens is 362 g/mol. The molecule has 0 amide bonds. The van der Waals surface area contributed by atoms with E-state index in [2.05, 4.69) is 75.7 Å². The molecule has 0 bridgehead atoms. The summed E-state index contributed by atoms with van der Waals surface area (Å²) >= 11 is 0. The van der Waals surface area contributed by atoms with Crippen LogP contribution in [0.25, 0.3) is 0 Å². The molecule has 10 radical (unpaired) electrons. The maximum atomic E-state index is 2.44. The third-order valence-corrected chi connectivity index (χ3v) is 6.75. The number of rotatable bonds is 2. The van der Waals surface area contributed by atoms with Crippen LogP contribution in [0.1, 0.15) is 17.2 Å². The first kappa shape index (κ1) is 21.2. The summed E-state index contributed by atoms with van der Waals surface area (Å²) in [5.74, 6) is 3.04. The first-order chi connectivity index (χ1) is 11.4. The minimum atomic E-state index is -1.29. The van der Waals surface area contributed by atoms with Gasteiger partial charge in [-0.15, -0.1) is 0 Å². The van der Waals surface area contributed by atoms with E-state index in [0.717, 1.165) is 0 Å². The van der Waals surface area contributed by atoms with Gasteiger partial charge in [-0.25, -0.2) is 0 Å². The van der Waals surface area contributed by atoms with Crippen molar-refractivity contribution in [1.29, 1.82) is 0 Å². The van der Waals surface area contributed by atoms with Gasteiger partial charge in [0.1, 0.15) is 0 Å². The molecule has 3 heteroatoms. The molecule has 0 aliphatic heterocycles. The third-order valence-electron chi connectivity index (χ3n) is 4.70. The number of nitrogens with zero attached hydrogens (tertiary/aromatic N) is 1. The zero-order valence-electron chi connectivity index (χ0n) is 15.7. The van der Waals surface area contributed by atoms with Gasteiger partial charge < -0.3 is 4.90 Å². The molecule has 3 aliphatic carbocycles. The Bertz CT molecular complexity index is 540. The quantitative estimate of drug-likeness (QED) is 0.663. The zero-order valence-corrected chi connectivity index (χ0v) is 17.8. The summed E-state index contributed by atoms with van der Waals surface area (Å²) in [6, 6.07) is 9.31. The van der Waals surface area contributed by atoms with Crippen LogP contribution in [-0.4, -0.2) is 27.1 Å². The van der Waals surface area contributed by atoms with Crippen LogP contribution in [0.4, 0.5) is 0 Å². The van der Waals surface area contributed by atoms with Gasteiger partial charge in [-0.1, -0.05) is 43.9 Å². The molecule has 25 heavy (non-hydrogen) atoms. The van der Waals surface area contributed by atoms with E-state index in [9.17, 15) is 0 Å². The molecule has 2 fully saturated rings. The van der Waals surface area contributed by atoms with Gasteiger partial charge in [0.05, 0.1) is 8.07 Å². The molecule has 1 atom stereocenters. The fraction of sp³-hybridized carbons (Fsp3) is 0.273. The van der Waals surface area contributed by atoms with Gasteiger partial charge >= 0.3 is 17.1 Å². The Morgan fingerprint density at radius 2 is 1.40 bits per heavy atom. The Labute approximate surface area is 167 Å². The van der Waals surface area contributed by atoms with Gasteiger partial charge in [-0.3, -0.25) is 0 Å². The topological polar surface area (TPSA) is 3.24 Å². The summed E-state index contributed by atoms with van der Waals surface area (Å²) in [7, 11) is 3.09. The van der Waals surface area contributed by atoms with Crippen molar-refractivity contribution >= 4 is 8.07 Å². The largest absolute Gasteiger partial charge is 2.00 e. The van der Waals surface area contributed by atoms with Crippen LogP contribution in [0, 0.1) is 62.3 Å². The van der Waals surface area contributed by atoms with Crippen LogP contribution in [0.5, 0.6) is 0 Å². The van der Waals surface area contributed by atoms with Crippen molar-refractivity contribution in [3.8, 4) is 0 Å². The average Bonchev–Trinajstić information content (AvgIpc) is 3.24. The minimum absolute atomic E-state index is 0. The Morgan fingerprint density at radius 3 is 1.92 bits per heavy atom. The van der Waals surface area contributed by atoms with Crippen LogP contribution in [0.3, 0.4) is 0 Å². The van der Waals surface area contributed by atoms with Crippen molar-refractivity contribution in [2.75, 3.05) is 14.1 Å². The summed E-state index contributed by atoms with van der Waals surface area (Å²) in [4.78, 5) is 2.36. The van der Waals surface area contributed by atoms with Crippen molar-refractivity contribution in [1.82, 2.24) is 4.90 Å². The molecule has 0 saturated heterocycles. The minimum Gasteiger partial charge on any atom is -0.302 e. The SMILES string of the molecule is CN(C)[C@H]1[C]2[C]([CH][CH][C]2[Si](C)(C)C)c2ccccc21.[CH]1[CH][CH][CH][CH]1.[Fe+2]. The Kier molecular flexibility index (Phi) is 7.42. The van der Waals surface area contributed by atoms with Crippen LogP contribution in [0.2, 0.25) is 19.6 Å². The molecule has 1 aromatic carbocycles. The molecule has 2 saturated carbocycles. The van der Waals surface area contributed by atoms with E-state index in [1.54, 1.807) is 11.5 Å². The number of hydrogen-bond acceptors (Lipinski definition) is 1. The number of benzene rings is 1. The Balaban J connectivity index is 0.000000325. The molecule has 0 spiro atoms. The smallest absolute Gasteiger partial charge is 0.302 e. The van der Waals surface area contributed by atoms with Gasteiger partial charge in [0.2, 0.25) is 0 Å². The van der Waals surface area contributed by atoms with Crippen molar-refractivity contribution < 1.29 is 17.1 Å². The molecule has 1 nitrogen and oxygen atoms in total. The van der Waals surface area contributed by atoms with Crippen LogP contribution in [-0.2, 0) is 17.1 Å². The van der Waals surface area contributed by atoms with Crippen molar-refractivity contribution in [3.63, 3.8) is 0 Å². The molecule has 4 rings (SSSR count). The first-order valence-electron chi connectivity index (χ1n) is 8.63. The second-order valence-electron chi connectivity index (χ2n) is 7.74. The Morgan fingerprint density at radius 1 is 0.840 bits per heavy atom. The maximum absolute atomic E-state index is 2.44. The molecule has 0 heterocycles. The van der Waals surface area contributed by atoms with E-state index < -0.39 is 8.07 Å². The van der Waals surface area contributed by atoms with Crippen molar-refractivity contribution in [2.45, 2.75) is 25.7 Å². The van der Waals surface area contributed by atoms with E-state index in [4.69, 9.17) is 0 Å². The maximum Gasteiger partial charge on any atom is 2.00 e. The molecular formula is C22H27FeNSi+2. The molecule has 130 valence electrons. The Hall–Kier alpha value is -0.0836. The monoisotopic (exact) mass is 389 g/mol. The van der Waals surface area contributed by atoms with E-state index in [-0.39, 0.29) is 17.1 Å². The van der Waals surface area contributed by atoms with E-state index in [0.29, 0.717) is 6.04 Å². The van der Waals surface area contributed by atoms with Gasteiger partial charge in [-0.05, 0) is 75.7 Å². The van der Waals surface area contributed by atoms with E-state index in [1.807, 2.05) is 32.1 Å². The van der Waals surface area contributed by atoms with Crippen LogP contribution < -0.4 is 0 Å². The summed E-state index contributed by atoms with van der Waals surface area (Å²) in [6.45, 7) is 7.33. The zero-order chi connectivity index (χ0) is 17.3. The predicted molar refractivity (Wildman–Crippen MR) is 105 cm³/mol. The van der Waals surface area contributed by atoms with Gasteiger partial charge in [-0.2, -0.15) is 0 Å². The standard InChI is InChI=1S/C17H22NSi.C5H5.Fe/c1-18(2)17-14-9-7-6-8-12(14)13-10-11-15(16(13)17)19(3,4)5;1-2-4-5-3-1;/h6-11,17H,1-5H3;1-5H;/q;;+2/t17-;;/m1../s1. The summed E-state index contributed by atoms with van der Waals surface area (Å²) in [5.41, 5.74) is 4.52. The van der Waals surface area contributed by atoms with Crippen molar-refractivity contribution in [3.05, 3.63) is 97.7 Å². The predicted octanol–water partition coefficient (Wildman–Crippen LogP) is 4.69. The van der Waals surface area contributed by atoms with Crippen LogP contribution in [0.15, 0.2) is 24.3 Å². The van der Waals surface area contributed by atoms with E-state index >= 15 is 0 Å². The summed E-state index contributed by atoms with van der Waals surface area (Å²) in [6.07, 6.45) is 14.7. The molecule has 0 N–H and O–H groups in total. The number of hydrogen-bond donors (Lipinski definition) is 0. The van der Waals surface area contributed by atoms with Crippen LogP contribution >= 0.6 is 0 Å². The molecule has 1 aromatic rings. The van der Waals surface area contributed by atoms with Crippen molar-refractivity contribution in [2.24, 2.45) is 0 Å². The van der Waals surface area contributed by atoms with Gasteiger partial charge in [0.25, 0.3) is 0 Å². The summed E-state index contributed by atoms with van der Waals surface area (Å²) < 4.78 is 0. The normalized spacial score (nSPS) is 23.8. The van der Waals surface area contributed by atoms with Gasteiger partial charge in [0, 0.05) is 17.9 Å². The summed E-state index contributed by atoms with van der Waals surface area (Å²) in [5, 5.41) is 0. The average molecular weight is 389 g/mol. The fourth-order valence-corrected chi connectivity index (χ4v) is 5.33. The second kappa shape index (κ2) is 8.74. The second-order valence-corrected chi connectivity index (χ2v) is 12.8. The first-order valence-corrected chi connectivity index (χ1v) is 12.1. The molecule has 0 unspecified atom stereocenters. The molecule has 0 aromatic heterocycles. The molecule has 3 aliphatic rings. The van der Waals surface area contributed by atoms with Gasteiger partial charge in [0.15, 0.2) is 0 Å². The number of fused-ring (bicyclic) bond motifs is 3.